The highest BCUT2D eigenvalue weighted by Crippen LogP contribution is 2.35. The molecule has 1 unspecified atom stereocenters. The van der Waals surface area contributed by atoms with Crippen molar-refractivity contribution in [2.45, 2.75) is 44.8 Å². The Balaban J connectivity index is 1.40. The molecule has 264 valence electrons. The van der Waals surface area contributed by atoms with Crippen LogP contribution in [0.4, 0.5) is 14.9 Å². The van der Waals surface area contributed by atoms with Gasteiger partial charge in [0.1, 0.15) is 18.4 Å². The number of primary amides is 1. The summed E-state index contributed by atoms with van der Waals surface area (Å²) in [6.07, 6.45) is 4.91. The minimum Gasteiger partial charge on any atom is -0.370 e. The van der Waals surface area contributed by atoms with Crippen molar-refractivity contribution in [3.05, 3.63) is 93.8 Å². The fraction of sp³-hybridized carbons (Fsp3) is 0.314. The van der Waals surface area contributed by atoms with Crippen molar-refractivity contribution in [2.24, 2.45) is 22.2 Å². The Morgan fingerprint density at radius 1 is 0.980 bits per heavy atom. The summed E-state index contributed by atoms with van der Waals surface area (Å²) in [6, 6.07) is 14.9. The van der Waals surface area contributed by atoms with Gasteiger partial charge in [0.15, 0.2) is 5.96 Å². The van der Waals surface area contributed by atoms with Crippen molar-refractivity contribution in [1.82, 2.24) is 19.7 Å². The highest BCUT2D eigenvalue weighted by atomic mass is 35.5. The number of hydrogen-bond donors (Lipinski definition) is 5. The zero-order valence-corrected chi connectivity index (χ0v) is 28.9. The molecule has 0 bridgehead atoms. The molecular formula is C35H40Cl2FN9O3. The lowest BCUT2D eigenvalue weighted by atomic mass is 10.1. The number of guanidine groups is 1. The van der Waals surface area contributed by atoms with Crippen LogP contribution >= 0.6 is 23.2 Å². The normalized spacial score (nSPS) is 13.6. The summed E-state index contributed by atoms with van der Waals surface area (Å²) in [5.41, 5.74) is 19.8. The predicted molar refractivity (Wildman–Crippen MR) is 195 cm³/mol. The summed E-state index contributed by atoms with van der Waals surface area (Å²) in [5, 5.41) is 7.43. The van der Waals surface area contributed by atoms with E-state index < -0.39 is 36.2 Å². The van der Waals surface area contributed by atoms with Crippen LogP contribution in [0.2, 0.25) is 10.0 Å². The third kappa shape index (κ3) is 9.43. The first-order valence-electron chi connectivity index (χ1n) is 16.2. The smallest absolute Gasteiger partial charge is 0.322 e. The number of likely N-dealkylation sites (tertiary alicyclic amines) is 1. The standard InChI is InChI=1S/C35H40Cl2FN9O3/c36-27-5-3-6-28(37)32(27)47-20-23(19-45-15-1-2-16-45)26-13-12-25(17-30(26)47)43-35(50)46(18-22-8-10-24(38)11-9-22)21-31(48)44-29(33(39)49)7-4-14-42-34(40)41/h3,5-6,8-13,17,20,29H,1-2,4,7,14-16,18-19,21H2,(H2,39,49)(H,43,50)(H,44,48)(H4,40,41,42). The van der Waals surface area contributed by atoms with E-state index in [4.69, 9.17) is 40.4 Å². The van der Waals surface area contributed by atoms with Crippen molar-refractivity contribution in [1.29, 1.82) is 0 Å². The number of carbonyl (C=O) groups excluding carboxylic acids is 3. The quantitative estimate of drug-likeness (QED) is 0.0714. The third-order valence-corrected chi connectivity index (χ3v) is 9.05. The molecule has 1 aliphatic rings. The number of nitrogens with zero attached hydrogens (tertiary/aromatic N) is 4. The summed E-state index contributed by atoms with van der Waals surface area (Å²) in [7, 11) is 0. The van der Waals surface area contributed by atoms with Crippen LogP contribution in [0.1, 0.15) is 36.8 Å². The Bertz CT molecular complexity index is 1850. The molecule has 0 radical (unpaired) electrons. The van der Waals surface area contributed by atoms with Crippen LogP contribution in [0.25, 0.3) is 16.6 Å². The number of nitrogens with two attached hydrogens (primary N) is 3. The zero-order valence-electron chi connectivity index (χ0n) is 27.4. The summed E-state index contributed by atoms with van der Waals surface area (Å²) in [6.45, 7) is 2.58. The molecule has 1 aromatic heterocycles. The number of para-hydroxylation sites is 1. The van der Waals surface area contributed by atoms with Crippen LogP contribution in [0.3, 0.4) is 0 Å². The van der Waals surface area contributed by atoms with E-state index in [2.05, 4.69) is 20.5 Å². The maximum Gasteiger partial charge on any atom is 0.322 e. The number of aromatic nitrogens is 1. The second-order valence-corrected chi connectivity index (χ2v) is 13.0. The average Bonchev–Trinajstić information content (AvgIpc) is 3.71. The summed E-state index contributed by atoms with van der Waals surface area (Å²) in [4.78, 5) is 46.6. The topological polar surface area (TPSA) is 177 Å². The SMILES string of the molecule is NC(=O)C(CCCN=C(N)N)NC(=O)CN(Cc1ccc(F)cc1)C(=O)Nc1ccc2c(CN3CCCC3)cn(-c3c(Cl)cccc3Cl)c2c1. The molecule has 1 saturated heterocycles. The van der Waals surface area contributed by atoms with Gasteiger partial charge in [-0.2, -0.15) is 0 Å². The van der Waals surface area contributed by atoms with Gasteiger partial charge in [-0.15, -0.1) is 0 Å². The van der Waals surface area contributed by atoms with Gasteiger partial charge >= 0.3 is 6.03 Å². The van der Waals surface area contributed by atoms with Gasteiger partial charge in [0.05, 0.1) is 21.2 Å². The Kier molecular flexibility index (Phi) is 12.2. The Morgan fingerprint density at radius 3 is 2.34 bits per heavy atom. The summed E-state index contributed by atoms with van der Waals surface area (Å²) >= 11 is 13.3. The third-order valence-electron chi connectivity index (χ3n) is 8.44. The van der Waals surface area contributed by atoms with Gasteiger partial charge in [-0.05, 0) is 86.3 Å². The molecule has 1 aliphatic heterocycles. The van der Waals surface area contributed by atoms with E-state index in [0.29, 0.717) is 33.4 Å². The molecule has 15 heteroatoms. The van der Waals surface area contributed by atoms with E-state index in [1.165, 1.54) is 29.2 Å². The molecule has 0 aliphatic carbocycles. The minimum atomic E-state index is -1.01. The molecule has 0 saturated carbocycles. The first-order valence-corrected chi connectivity index (χ1v) is 17.0. The van der Waals surface area contributed by atoms with E-state index in [9.17, 15) is 18.8 Å². The first kappa shape index (κ1) is 36.4. The number of hydrogen-bond acceptors (Lipinski definition) is 5. The molecule has 3 aromatic carbocycles. The molecule has 4 aromatic rings. The molecule has 12 nitrogen and oxygen atoms in total. The molecule has 5 rings (SSSR count). The van der Waals surface area contributed by atoms with Crippen LogP contribution in [0, 0.1) is 5.82 Å². The molecule has 50 heavy (non-hydrogen) atoms. The number of nitrogens with one attached hydrogen (secondary N) is 2. The lowest BCUT2D eigenvalue weighted by molar-refractivity contribution is -0.127. The molecule has 8 N–H and O–H groups in total. The number of anilines is 1. The highest BCUT2D eigenvalue weighted by molar-refractivity contribution is 6.37. The van der Waals surface area contributed by atoms with E-state index in [1.807, 2.05) is 22.9 Å². The zero-order chi connectivity index (χ0) is 35.8. The Labute approximate surface area is 299 Å². The fourth-order valence-corrected chi connectivity index (χ4v) is 6.58. The predicted octanol–water partition coefficient (Wildman–Crippen LogP) is 4.73. The number of fused-ring (bicyclic) bond motifs is 1. The lowest BCUT2D eigenvalue weighted by Crippen LogP contribution is -2.49. The molecule has 0 spiro atoms. The number of aliphatic imine (C=N–C) groups is 1. The number of carbonyl (C=O) groups is 3. The van der Waals surface area contributed by atoms with E-state index >= 15 is 0 Å². The van der Waals surface area contributed by atoms with Crippen molar-refractivity contribution in [3.63, 3.8) is 0 Å². The second kappa shape index (κ2) is 16.7. The van der Waals surface area contributed by atoms with Gasteiger partial charge < -0.3 is 37.3 Å². The van der Waals surface area contributed by atoms with E-state index in [-0.39, 0.29) is 25.5 Å². The van der Waals surface area contributed by atoms with Crippen molar-refractivity contribution < 1.29 is 18.8 Å². The Morgan fingerprint density at radius 2 is 1.68 bits per heavy atom. The number of urea groups is 1. The monoisotopic (exact) mass is 723 g/mol. The van der Waals surface area contributed by atoms with E-state index in [0.717, 1.165) is 48.9 Å². The highest BCUT2D eigenvalue weighted by Gasteiger charge is 2.24. The molecular weight excluding hydrogens is 684 g/mol. The van der Waals surface area contributed by atoms with Crippen LogP contribution in [-0.4, -0.2) is 70.4 Å². The van der Waals surface area contributed by atoms with Gasteiger partial charge in [-0.25, -0.2) is 9.18 Å². The fourth-order valence-electron chi connectivity index (χ4n) is 6.00. The average molecular weight is 725 g/mol. The number of rotatable bonds is 14. The van der Waals surface area contributed by atoms with Crippen LogP contribution in [0.5, 0.6) is 0 Å². The number of amides is 4. The maximum atomic E-state index is 13.8. The van der Waals surface area contributed by atoms with Gasteiger partial charge in [0.25, 0.3) is 0 Å². The Hall–Kier alpha value is -4.85. The van der Waals surface area contributed by atoms with Crippen molar-refractivity contribution in [2.75, 3.05) is 31.5 Å². The molecule has 4 amide bonds. The molecule has 1 atom stereocenters. The van der Waals surface area contributed by atoms with E-state index in [1.54, 1.807) is 24.3 Å². The number of benzene rings is 3. The maximum absolute atomic E-state index is 13.8. The first-order chi connectivity index (χ1) is 24.0. The van der Waals surface area contributed by atoms with Crippen LogP contribution in [-0.2, 0) is 22.7 Å². The largest absolute Gasteiger partial charge is 0.370 e. The summed E-state index contributed by atoms with van der Waals surface area (Å²) < 4.78 is 15.6. The van der Waals surface area contributed by atoms with Gasteiger partial charge in [-0.1, -0.05) is 47.5 Å². The van der Waals surface area contributed by atoms with Gasteiger partial charge in [-0.3, -0.25) is 19.5 Å². The van der Waals surface area contributed by atoms with Crippen molar-refractivity contribution in [3.8, 4) is 5.69 Å². The second-order valence-electron chi connectivity index (χ2n) is 12.2. The number of halogens is 3. The minimum absolute atomic E-state index is 0.0287. The molecule has 2 heterocycles. The van der Waals surface area contributed by atoms with Crippen molar-refractivity contribution >= 4 is 63.6 Å². The van der Waals surface area contributed by atoms with Gasteiger partial charge in [0, 0.05) is 36.9 Å². The summed E-state index contributed by atoms with van der Waals surface area (Å²) in [5.74, 6) is -1.88. The van der Waals surface area contributed by atoms with Crippen LogP contribution < -0.4 is 27.8 Å². The lowest BCUT2D eigenvalue weighted by Gasteiger charge is -2.24. The van der Waals surface area contributed by atoms with Crippen LogP contribution in [0.15, 0.2) is 71.9 Å². The molecule has 1 fully saturated rings. The van der Waals surface area contributed by atoms with Gasteiger partial charge in [0.2, 0.25) is 11.8 Å².